The normalized spacial score (nSPS) is 13.7. The third-order valence-electron chi connectivity index (χ3n) is 3.77. The molecule has 3 nitrogen and oxygen atoms in total. The topological polar surface area (TPSA) is 46.2 Å². The van der Waals surface area contributed by atoms with Crippen LogP contribution in [-0.2, 0) is 9.84 Å². The number of sulfone groups is 1. The molecule has 1 N–H and O–H groups in total. The molecular formula is C16H27NO2S. The van der Waals surface area contributed by atoms with Gasteiger partial charge >= 0.3 is 0 Å². The highest BCUT2D eigenvalue weighted by molar-refractivity contribution is 7.91. The molecule has 0 fully saturated rings. The smallest absolute Gasteiger partial charge is 0.178 e. The summed E-state index contributed by atoms with van der Waals surface area (Å²) in [4.78, 5) is 0.444. The third-order valence-corrected chi connectivity index (χ3v) is 5.59. The second-order valence-corrected chi connectivity index (χ2v) is 7.69. The van der Waals surface area contributed by atoms with Crippen LogP contribution in [0.1, 0.15) is 51.5 Å². The maximum Gasteiger partial charge on any atom is 0.178 e. The van der Waals surface area contributed by atoms with E-state index in [2.05, 4.69) is 26.1 Å². The van der Waals surface area contributed by atoms with Crippen LogP contribution in [0, 0.1) is 0 Å². The molecule has 0 heterocycles. The summed E-state index contributed by atoms with van der Waals surface area (Å²) in [6, 6.07) is 7.72. The molecular weight excluding hydrogens is 270 g/mol. The lowest BCUT2D eigenvalue weighted by Gasteiger charge is -2.13. The van der Waals surface area contributed by atoms with E-state index in [0.717, 1.165) is 12.8 Å². The van der Waals surface area contributed by atoms with Gasteiger partial charge in [0.25, 0.3) is 0 Å². The fourth-order valence-corrected chi connectivity index (χ4v) is 3.58. The van der Waals surface area contributed by atoms with E-state index in [1.807, 2.05) is 19.2 Å². The van der Waals surface area contributed by atoms with Crippen molar-refractivity contribution in [2.24, 2.45) is 0 Å². The van der Waals surface area contributed by atoms with E-state index in [1.165, 1.54) is 5.56 Å². The molecule has 20 heavy (non-hydrogen) atoms. The number of rotatable bonds is 8. The second kappa shape index (κ2) is 7.79. The van der Waals surface area contributed by atoms with Gasteiger partial charge in [0.1, 0.15) is 0 Å². The van der Waals surface area contributed by atoms with Crippen LogP contribution >= 0.6 is 0 Å². The SMILES string of the molecule is CCC(CCCS(=O)(=O)c1ccc(C(C)C)cc1)NC. The number of benzene rings is 1. The Balaban J connectivity index is 2.64. The predicted molar refractivity (Wildman–Crippen MR) is 85.0 cm³/mol. The number of nitrogens with one attached hydrogen (secondary N) is 1. The molecule has 0 aliphatic heterocycles. The van der Waals surface area contributed by atoms with Crippen LogP contribution < -0.4 is 5.32 Å². The Bertz CT molecular complexity index is 488. The van der Waals surface area contributed by atoms with Gasteiger partial charge in [-0.1, -0.05) is 32.9 Å². The molecule has 0 spiro atoms. The van der Waals surface area contributed by atoms with Crippen LogP contribution in [-0.4, -0.2) is 27.3 Å². The monoisotopic (exact) mass is 297 g/mol. The predicted octanol–water partition coefficient (Wildman–Crippen LogP) is 3.36. The van der Waals surface area contributed by atoms with Gasteiger partial charge in [0.2, 0.25) is 0 Å². The highest BCUT2D eigenvalue weighted by atomic mass is 32.2. The zero-order valence-electron chi connectivity index (χ0n) is 13.0. The van der Waals surface area contributed by atoms with Gasteiger partial charge in [-0.15, -0.1) is 0 Å². The average Bonchev–Trinajstić information content (AvgIpc) is 2.43. The lowest BCUT2D eigenvalue weighted by Crippen LogP contribution is -2.24. The summed E-state index contributed by atoms with van der Waals surface area (Å²) in [5.41, 5.74) is 1.17. The Morgan fingerprint density at radius 2 is 1.75 bits per heavy atom. The minimum Gasteiger partial charge on any atom is -0.317 e. The molecule has 0 aromatic heterocycles. The van der Waals surface area contributed by atoms with Crippen LogP contribution in [0.4, 0.5) is 0 Å². The first-order valence-corrected chi connectivity index (χ1v) is 9.06. The van der Waals surface area contributed by atoms with E-state index in [1.54, 1.807) is 12.1 Å². The molecule has 1 unspecified atom stereocenters. The summed E-state index contributed by atoms with van der Waals surface area (Å²) < 4.78 is 24.5. The molecule has 0 aliphatic carbocycles. The average molecular weight is 297 g/mol. The van der Waals surface area contributed by atoms with E-state index in [9.17, 15) is 8.42 Å². The Hall–Kier alpha value is -0.870. The van der Waals surface area contributed by atoms with Gasteiger partial charge in [-0.2, -0.15) is 0 Å². The Labute approximate surface area is 123 Å². The van der Waals surface area contributed by atoms with Crippen molar-refractivity contribution in [1.82, 2.24) is 5.32 Å². The molecule has 0 bridgehead atoms. The summed E-state index contributed by atoms with van der Waals surface area (Å²) in [6.07, 6.45) is 2.63. The lowest BCUT2D eigenvalue weighted by molar-refractivity contribution is 0.500. The van der Waals surface area contributed by atoms with Crippen molar-refractivity contribution < 1.29 is 8.42 Å². The maximum absolute atomic E-state index is 12.3. The van der Waals surface area contributed by atoms with Gasteiger partial charge in [0.05, 0.1) is 10.6 Å². The van der Waals surface area contributed by atoms with Gasteiger partial charge in [-0.05, 0) is 49.9 Å². The largest absolute Gasteiger partial charge is 0.317 e. The van der Waals surface area contributed by atoms with Crippen LogP contribution in [0.25, 0.3) is 0 Å². The Morgan fingerprint density at radius 3 is 2.20 bits per heavy atom. The van der Waals surface area contributed by atoms with Crippen molar-refractivity contribution in [3.05, 3.63) is 29.8 Å². The summed E-state index contributed by atoms with van der Waals surface area (Å²) in [7, 11) is -1.22. The maximum atomic E-state index is 12.3. The van der Waals surface area contributed by atoms with Crippen molar-refractivity contribution in [1.29, 1.82) is 0 Å². The molecule has 114 valence electrons. The molecule has 1 atom stereocenters. The fourth-order valence-electron chi connectivity index (χ4n) is 2.25. The molecule has 0 radical (unpaired) electrons. The summed E-state index contributed by atoms with van der Waals surface area (Å²) >= 11 is 0. The van der Waals surface area contributed by atoms with E-state index in [-0.39, 0.29) is 5.75 Å². The molecule has 4 heteroatoms. The van der Waals surface area contributed by atoms with Crippen LogP contribution in [0.15, 0.2) is 29.2 Å². The highest BCUT2D eigenvalue weighted by Crippen LogP contribution is 2.19. The first-order valence-electron chi connectivity index (χ1n) is 7.40. The molecule has 1 aromatic carbocycles. The third kappa shape index (κ3) is 4.91. The molecule has 1 rings (SSSR count). The molecule has 1 aromatic rings. The molecule has 0 aliphatic rings. The molecule has 0 saturated carbocycles. The zero-order chi connectivity index (χ0) is 15.2. The quantitative estimate of drug-likeness (QED) is 0.800. The van der Waals surface area contributed by atoms with E-state index >= 15 is 0 Å². The van der Waals surface area contributed by atoms with E-state index in [4.69, 9.17) is 0 Å². The first kappa shape index (κ1) is 17.2. The van der Waals surface area contributed by atoms with E-state index in [0.29, 0.717) is 23.3 Å². The van der Waals surface area contributed by atoms with Gasteiger partial charge in [0.15, 0.2) is 9.84 Å². The summed E-state index contributed by atoms with van der Waals surface area (Å²) in [5, 5.41) is 3.20. The Morgan fingerprint density at radius 1 is 1.15 bits per heavy atom. The van der Waals surface area contributed by atoms with Gasteiger partial charge in [-0.25, -0.2) is 8.42 Å². The highest BCUT2D eigenvalue weighted by Gasteiger charge is 2.15. The van der Waals surface area contributed by atoms with Gasteiger partial charge in [-0.3, -0.25) is 0 Å². The van der Waals surface area contributed by atoms with E-state index < -0.39 is 9.84 Å². The van der Waals surface area contributed by atoms with Crippen molar-refractivity contribution in [3.8, 4) is 0 Å². The number of hydrogen-bond donors (Lipinski definition) is 1. The van der Waals surface area contributed by atoms with Crippen molar-refractivity contribution in [3.63, 3.8) is 0 Å². The van der Waals surface area contributed by atoms with Crippen molar-refractivity contribution in [2.45, 2.75) is 56.9 Å². The first-order chi connectivity index (χ1) is 9.40. The zero-order valence-corrected chi connectivity index (χ0v) is 13.8. The Kier molecular flexibility index (Phi) is 6.69. The van der Waals surface area contributed by atoms with Crippen LogP contribution in [0.2, 0.25) is 0 Å². The lowest BCUT2D eigenvalue weighted by atomic mass is 10.0. The van der Waals surface area contributed by atoms with Gasteiger partial charge in [0, 0.05) is 6.04 Å². The second-order valence-electron chi connectivity index (χ2n) is 5.58. The van der Waals surface area contributed by atoms with Crippen LogP contribution in [0.3, 0.4) is 0 Å². The van der Waals surface area contributed by atoms with Crippen molar-refractivity contribution in [2.75, 3.05) is 12.8 Å². The standard InChI is InChI=1S/C16H27NO2S/c1-5-15(17-4)7-6-12-20(18,19)16-10-8-14(9-11-16)13(2)3/h8-11,13,15,17H,5-7,12H2,1-4H3. The fraction of sp³-hybridized carbons (Fsp3) is 0.625. The summed E-state index contributed by atoms with van der Waals surface area (Å²) in [5.74, 6) is 0.652. The number of hydrogen-bond acceptors (Lipinski definition) is 3. The minimum absolute atomic E-state index is 0.228. The van der Waals surface area contributed by atoms with Crippen LogP contribution in [0.5, 0.6) is 0 Å². The summed E-state index contributed by atoms with van der Waals surface area (Å²) in [6.45, 7) is 6.32. The van der Waals surface area contributed by atoms with Crippen molar-refractivity contribution >= 4 is 9.84 Å². The van der Waals surface area contributed by atoms with Gasteiger partial charge < -0.3 is 5.32 Å². The minimum atomic E-state index is -3.14. The molecule has 0 amide bonds. The molecule has 0 saturated heterocycles.